The Morgan fingerprint density at radius 3 is 2.25 bits per heavy atom. The summed E-state index contributed by atoms with van der Waals surface area (Å²) >= 11 is 0. The molecular weight excluding hydrogens is 410 g/mol. The molecule has 3 rings (SSSR count). The first-order chi connectivity index (χ1) is 15.4. The van der Waals surface area contributed by atoms with Crippen molar-refractivity contribution in [2.75, 3.05) is 24.9 Å². The van der Waals surface area contributed by atoms with Gasteiger partial charge in [0, 0.05) is 29.7 Å². The molecule has 0 radical (unpaired) electrons. The molecule has 1 heterocycles. The molecule has 8 nitrogen and oxygen atoms in total. The van der Waals surface area contributed by atoms with Crippen LogP contribution in [0.15, 0.2) is 60.9 Å². The minimum atomic E-state index is -0.325. The second-order valence-corrected chi connectivity index (χ2v) is 7.10. The summed E-state index contributed by atoms with van der Waals surface area (Å²) in [6.45, 7) is 3.83. The number of ether oxygens (including phenoxy) is 3. The largest absolute Gasteiger partial charge is 0.494 e. The Kier molecular flexibility index (Phi) is 7.28. The van der Waals surface area contributed by atoms with Gasteiger partial charge in [-0.05, 0) is 56.3 Å². The minimum Gasteiger partial charge on any atom is -0.494 e. The maximum Gasteiger partial charge on any atom is 0.257 e. The number of hydrogen-bond donors (Lipinski definition) is 2. The van der Waals surface area contributed by atoms with Gasteiger partial charge in [0.05, 0.1) is 31.6 Å². The minimum absolute atomic E-state index is 0.0202. The molecule has 0 fully saturated rings. The first-order valence-corrected chi connectivity index (χ1v) is 9.96. The fourth-order valence-electron chi connectivity index (χ4n) is 2.93. The maximum atomic E-state index is 12.7. The number of carbonyl (C=O) groups is 2. The number of pyridine rings is 1. The van der Waals surface area contributed by atoms with Crippen LogP contribution in [0.5, 0.6) is 17.2 Å². The Labute approximate surface area is 186 Å². The van der Waals surface area contributed by atoms with Crippen molar-refractivity contribution in [1.29, 1.82) is 0 Å². The fourth-order valence-corrected chi connectivity index (χ4v) is 2.93. The van der Waals surface area contributed by atoms with E-state index in [1.54, 1.807) is 54.7 Å². The topological polar surface area (TPSA) is 98.8 Å². The molecule has 0 saturated heterocycles. The van der Waals surface area contributed by atoms with Crippen LogP contribution < -0.4 is 24.8 Å². The molecule has 0 aliphatic carbocycles. The van der Waals surface area contributed by atoms with Crippen molar-refractivity contribution >= 4 is 23.2 Å². The number of nitrogens with zero attached hydrogens (tertiary/aromatic N) is 1. The third kappa shape index (κ3) is 5.54. The lowest BCUT2D eigenvalue weighted by Gasteiger charge is -2.15. The second kappa shape index (κ2) is 10.3. The normalized spacial score (nSPS) is 10.4. The quantitative estimate of drug-likeness (QED) is 0.544. The van der Waals surface area contributed by atoms with Crippen molar-refractivity contribution in [2.24, 2.45) is 0 Å². The van der Waals surface area contributed by atoms with Gasteiger partial charge in [-0.3, -0.25) is 14.6 Å². The summed E-state index contributed by atoms with van der Waals surface area (Å²) in [6, 6.07) is 13.3. The molecule has 8 heteroatoms. The third-order valence-corrected chi connectivity index (χ3v) is 4.42. The zero-order valence-electron chi connectivity index (χ0n) is 18.3. The molecule has 0 saturated carbocycles. The monoisotopic (exact) mass is 435 g/mol. The van der Waals surface area contributed by atoms with E-state index in [1.165, 1.54) is 20.4 Å². The van der Waals surface area contributed by atoms with Crippen molar-refractivity contribution in [3.8, 4) is 17.2 Å². The lowest BCUT2D eigenvalue weighted by atomic mass is 10.1. The first-order valence-electron chi connectivity index (χ1n) is 9.96. The number of hydrogen-bond acceptors (Lipinski definition) is 6. The van der Waals surface area contributed by atoms with E-state index in [4.69, 9.17) is 14.2 Å². The van der Waals surface area contributed by atoms with Gasteiger partial charge in [-0.2, -0.15) is 0 Å². The van der Waals surface area contributed by atoms with Gasteiger partial charge in [0.1, 0.15) is 5.75 Å². The summed E-state index contributed by atoms with van der Waals surface area (Å²) in [5.74, 6) is 0.794. The number of nitrogens with one attached hydrogen (secondary N) is 2. The molecule has 32 heavy (non-hydrogen) atoms. The van der Waals surface area contributed by atoms with Gasteiger partial charge in [-0.15, -0.1) is 0 Å². The molecule has 166 valence electrons. The van der Waals surface area contributed by atoms with Gasteiger partial charge in [-0.25, -0.2) is 0 Å². The van der Waals surface area contributed by atoms with E-state index in [0.717, 1.165) is 0 Å². The number of methoxy groups -OCH3 is 2. The van der Waals surface area contributed by atoms with Gasteiger partial charge in [0.25, 0.3) is 11.8 Å². The van der Waals surface area contributed by atoms with Gasteiger partial charge in [0.15, 0.2) is 11.5 Å². The van der Waals surface area contributed by atoms with Gasteiger partial charge in [0.2, 0.25) is 0 Å². The predicted molar refractivity (Wildman–Crippen MR) is 122 cm³/mol. The van der Waals surface area contributed by atoms with Gasteiger partial charge >= 0.3 is 0 Å². The number of carbonyl (C=O) groups excluding carboxylic acids is 2. The Bertz CT molecular complexity index is 1100. The number of benzene rings is 2. The molecular formula is C24H25N3O5. The Morgan fingerprint density at radius 2 is 1.59 bits per heavy atom. The Balaban J connectivity index is 1.75. The average molecular weight is 435 g/mol. The molecule has 0 atom stereocenters. The van der Waals surface area contributed by atoms with E-state index < -0.39 is 0 Å². The molecule has 2 N–H and O–H groups in total. The van der Waals surface area contributed by atoms with E-state index in [9.17, 15) is 9.59 Å². The summed E-state index contributed by atoms with van der Waals surface area (Å²) in [5.41, 5.74) is 1.81. The van der Waals surface area contributed by atoms with Crippen LogP contribution in [0.2, 0.25) is 0 Å². The van der Waals surface area contributed by atoms with E-state index >= 15 is 0 Å². The lowest BCUT2D eigenvalue weighted by molar-refractivity contribution is 0.101. The summed E-state index contributed by atoms with van der Waals surface area (Å²) < 4.78 is 16.4. The van der Waals surface area contributed by atoms with E-state index in [2.05, 4.69) is 15.6 Å². The molecule has 0 aliphatic rings. The SMILES string of the molecule is COc1cc(NC(=O)c2ccc(OC(C)C)c(OC)c2)ccc1NC(=O)c1cccnc1. The molecule has 0 aliphatic heterocycles. The molecule has 3 aromatic rings. The van der Waals surface area contributed by atoms with Gasteiger partial charge < -0.3 is 24.8 Å². The first kappa shape index (κ1) is 22.6. The number of amides is 2. The molecule has 1 aromatic heterocycles. The summed E-state index contributed by atoms with van der Waals surface area (Å²) in [5, 5.41) is 5.60. The Morgan fingerprint density at radius 1 is 0.844 bits per heavy atom. The number of anilines is 2. The highest BCUT2D eigenvalue weighted by Crippen LogP contribution is 2.31. The molecule has 0 unspecified atom stereocenters. The average Bonchev–Trinajstić information content (AvgIpc) is 2.80. The highest BCUT2D eigenvalue weighted by Gasteiger charge is 2.15. The zero-order valence-corrected chi connectivity index (χ0v) is 18.3. The van der Waals surface area contributed by atoms with Crippen LogP contribution in [-0.4, -0.2) is 37.1 Å². The lowest BCUT2D eigenvalue weighted by Crippen LogP contribution is -2.14. The molecule has 0 spiro atoms. The number of rotatable bonds is 8. The molecule has 2 amide bonds. The maximum absolute atomic E-state index is 12.7. The van der Waals surface area contributed by atoms with E-state index in [-0.39, 0.29) is 17.9 Å². The predicted octanol–water partition coefficient (Wildman–Crippen LogP) is 4.39. The van der Waals surface area contributed by atoms with Crippen molar-refractivity contribution < 1.29 is 23.8 Å². The second-order valence-electron chi connectivity index (χ2n) is 7.10. The fraction of sp³-hybridized carbons (Fsp3) is 0.208. The third-order valence-electron chi connectivity index (χ3n) is 4.42. The van der Waals surface area contributed by atoms with Crippen LogP contribution in [0.25, 0.3) is 0 Å². The smallest absolute Gasteiger partial charge is 0.257 e. The Hall–Kier alpha value is -4.07. The molecule has 0 bridgehead atoms. The van der Waals surface area contributed by atoms with Crippen LogP contribution in [0.4, 0.5) is 11.4 Å². The highest BCUT2D eigenvalue weighted by atomic mass is 16.5. The van der Waals surface area contributed by atoms with Crippen LogP contribution in [0.3, 0.4) is 0 Å². The van der Waals surface area contributed by atoms with Crippen LogP contribution >= 0.6 is 0 Å². The summed E-state index contributed by atoms with van der Waals surface area (Å²) in [6.07, 6.45) is 3.05. The van der Waals surface area contributed by atoms with Crippen LogP contribution in [-0.2, 0) is 0 Å². The van der Waals surface area contributed by atoms with Crippen LogP contribution in [0.1, 0.15) is 34.6 Å². The standard InChI is InChI=1S/C24H25N3O5/c1-15(2)32-20-10-7-16(12-22(20)31-4)23(28)26-18-8-9-19(21(13-18)30-3)27-24(29)17-6-5-11-25-14-17/h5-15H,1-4H3,(H,26,28)(H,27,29). The van der Waals surface area contributed by atoms with Crippen molar-refractivity contribution in [2.45, 2.75) is 20.0 Å². The van der Waals surface area contributed by atoms with Gasteiger partial charge in [-0.1, -0.05) is 0 Å². The molecule has 2 aromatic carbocycles. The van der Waals surface area contributed by atoms with Crippen LogP contribution in [0, 0.1) is 0 Å². The summed E-state index contributed by atoms with van der Waals surface area (Å²) in [4.78, 5) is 29.1. The van der Waals surface area contributed by atoms with Crippen molar-refractivity contribution in [3.05, 3.63) is 72.1 Å². The van der Waals surface area contributed by atoms with Crippen molar-refractivity contribution in [1.82, 2.24) is 4.98 Å². The van der Waals surface area contributed by atoms with E-state index in [0.29, 0.717) is 39.8 Å². The van der Waals surface area contributed by atoms with Crippen molar-refractivity contribution in [3.63, 3.8) is 0 Å². The van der Waals surface area contributed by atoms with E-state index in [1.807, 2.05) is 13.8 Å². The summed E-state index contributed by atoms with van der Waals surface area (Å²) in [7, 11) is 3.01. The highest BCUT2D eigenvalue weighted by molar-refractivity contribution is 6.06. The number of aromatic nitrogens is 1. The zero-order chi connectivity index (χ0) is 23.1.